The van der Waals surface area contributed by atoms with Crippen molar-refractivity contribution in [2.75, 3.05) is 13.2 Å². The van der Waals surface area contributed by atoms with Gasteiger partial charge >= 0.3 is 0 Å². The summed E-state index contributed by atoms with van der Waals surface area (Å²) in [5.74, 6) is 0. The molecule has 1 aliphatic heterocycles. The van der Waals surface area contributed by atoms with Crippen LogP contribution in [-0.2, 0) is 9.47 Å². The fraction of sp³-hybridized carbons (Fsp3) is 1.00. The molecule has 1 fully saturated rings. The second-order valence-electron chi connectivity index (χ2n) is 2.71. The maximum Gasteiger partial charge on any atom is 0.184 e. The Balaban J connectivity index is 2.36. The molecule has 0 amide bonds. The first-order valence-corrected chi connectivity index (χ1v) is 3.94. The highest BCUT2D eigenvalue weighted by Crippen LogP contribution is 2.19. The minimum absolute atomic E-state index is 0.186. The van der Waals surface area contributed by atoms with Crippen molar-refractivity contribution in [1.82, 2.24) is 0 Å². The van der Waals surface area contributed by atoms with Gasteiger partial charge in [0, 0.05) is 6.61 Å². The summed E-state index contributed by atoms with van der Waals surface area (Å²) in [6, 6.07) is 0. The van der Waals surface area contributed by atoms with Crippen molar-refractivity contribution in [2.24, 2.45) is 0 Å². The van der Waals surface area contributed by atoms with Gasteiger partial charge in [0.25, 0.3) is 0 Å². The van der Waals surface area contributed by atoms with Crippen molar-refractivity contribution < 1.29 is 24.8 Å². The molecule has 0 aromatic heterocycles. The minimum atomic E-state index is -1.30. The molecule has 1 heterocycles. The molecule has 1 saturated heterocycles. The van der Waals surface area contributed by atoms with E-state index in [1.807, 2.05) is 6.92 Å². The lowest BCUT2D eigenvalue weighted by Gasteiger charge is -2.13. The second kappa shape index (κ2) is 4.15. The number of aliphatic hydroxyl groups is 3. The van der Waals surface area contributed by atoms with E-state index in [-0.39, 0.29) is 6.61 Å². The van der Waals surface area contributed by atoms with Crippen molar-refractivity contribution in [2.45, 2.75) is 31.5 Å². The summed E-state index contributed by atoms with van der Waals surface area (Å²) < 4.78 is 9.80. The number of aliphatic hydroxyl groups excluding tert-OH is 3. The number of hydrogen-bond acceptors (Lipinski definition) is 5. The van der Waals surface area contributed by atoms with Crippen LogP contribution in [0.4, 0.5) is 0 Å². The van der Waals surface area contributed by atoms with Crippen LogP contribution in [-0.4, -0.2) is 53.1 Å². The molecule has 5 heteroatoms. The quantitative estimate of drug-likeness (QED) is 0.488. The van der Waals surface area contributed by atoms with Gasteiger partial charge in [0.15, 0.2) is 6.29 Å². The third-order valence-electron chi connectivity index (χ3n) is 1.82. The van der Waals surface area contributed by atoms with Crippen LogP contribution in [0.1, 0.15) is 6.92 Å². The van der Waals surface area contributed by atoms with Gasteiger partial charge in [-0.25, -0.2) is 0 Å². The number of rotatable bonds is 3. The highest BCUT2D eigenvalue weighted by molar-refractivity contribution is 4.85. The Morgan fingerprint density at radius 3 is 2.33 bits per heavy atom. The smallest absolute Gasteiger partial charge is 0.184 e. The lowest BCUT2D eigenvalue weighted by Crippen LogP contribution is -2.34. The maximum absolute atomic E-state index is 9.24. The van der Waals surface area contributed by atoms with E-state index in [0.717, 1.165) is 0 Å². The molecule has 0 radical (unpaired) electrons. The molecular weight excluding hydrogens is 164 g/mol. The van der Waals surface area contributed by atoms with Crippen LogP contribution in [0.25, 0.3) is 0 Å². The van der Waals surface area contributed by atoms with Gasteiger partial charge < -0.3 is 24.8 Å². The average Bonchev–Trinajstić information content (AvgIpc) is 2.30. The molecule has 4 unspecified atom stereocenters. The van der Waals surface area contributed by atoms with E-state index in [2.05, 4.69) is 0 Å². The largest absolute Gasteiger partial charge is 0.387 e. The lowest BCUT2D eigenvalue weighted by molar-refractivity contribution is -0.136. The average molecular weight is 178 g/mol. The van der Waals surface area contributed by atoms with Crippen molar-refractivity contribution in [3.63, 3.8) is 0 Å². The van der Waals surface area contributed by atoms with Crippen molar-refractivity contribution in [1.29, 1.82) is 0 Å². The van der Waals surface area contributed by atoms with Crippen LogP contribution in [0.2, 0.25) is 0 Å². The molecule has 12 heavy (non-hydrogen) atoms. The zero-order chi connectivity index (χ0) is 9.14. The molecular formula is C7H14O5. The fourth-order valence-corrected chi connectivity index (χ4v) is 1.10. The number of hydrogen-bond donors (Lipinski definition) is 3. The Kier molecular flexibility index (Phi) is 3.42. The highest BCUT2D eigenvalue weighted by atomic mass is 16.7. The predicted octanol–water partition coefficient (Wildman–Crippen LogP) is -1.54. The fourth-order valence-electron chi connectivity index (χ4n) is 1.10. The maximum atomic E-state index is 9.24. The first kappa shape index (κ1) is 9.88. The molecule has 0 bridgehead atoms. The molecule has 5 nitrogen and oxygen atoms in total. The standard InChI is InChI=1S/C7H14O5/c1-2-11-3-4-5(8)6(9)7(10)12-4/h4-10H,2-3H2,1H3. The third kappa shape index (κ3) is 1.94. The van der Waals surface area contributed by atoms with Gasteiger partial charge in [-0.2, -0.15) is 0 Å². The van der Waals surface area contributed by atoms with Gasteiger partial charge in [0.1, 0.15) is 18.3 Å². The molecule has 1 rings (SSSR count). The van der Waals surface area contributed by atoms with Crippen molar-refractivity contribution in [3.8, 4) is 0 Å². The summed E-state index contributed by atoms with van der Waals surface area (Å²) in [6.07, 6.45) is -4.22. The van der Waals surface area contributed by atoms with Gasteiger partial charge in [-0.15, -0.1) is 0 Å². The predicted molar refractivity (Wildman–Crippen MR) is 39.4 cm³/mol. The number of ether oxygens (including phenoxy) is 2. The zero-order valence-corrected chi connectivity index (χ0v) is 6.88. The molecule has 72 valence electrons. The molecule has 0 aromatic carbocycles. The van der Waals surface area contributed by atoms with E-state index >= 15 is 0 Å². The van der Waals surface area contributed by atoms with Gasteiger partial charge in [-0.3, -0.25) is 0 Å². The van der Waals surface area contributed by atoms with Gasteiger partial charge in [0.2, 0.25) is 0 Å². The van der Waals surface area contributed by atoms with Crippen LogP contribution >= 0.6 is 0 Å². The molecule has 0 aromatic rings. The van der Waals surface area contributed by atoms with Crippen LogP contribution in [0.3, 0.4) is 0 Å². The normalized spacial score (nSPS) is 42.0. The SMILES string of the molecule is CCOCC1OC(O)C(O)C1O. The van der Waals surface area contributed by atoms with Crippen LogP contribution < -0.4 is 0 Å². The Hall–Kier alpha value is -0.200. The van der Waals surface area contributed by atoms with E-state index in [4.69, 9.17) is 19.7 Å². The van der Waals surface area contributed by atoms with Crippen LogP contribution in [0.15, 0.2) is 0 Å². The monoisotopic (exact) mass is 178 g/mol. The third-order valence-corrected chi connectivity index (χ3v) is 1.82. The molecule has 4 atom stereocenters. The molecule has 0 aliphatic carbocycles. The Morgan fingerprint density at radius 1 is 1.25 bits per heavy atom. The summed E-state index contributed by atoms with van der Waals surface area (Å²) >= 11 is 0. The molecule has 1 aliphatic rings. The summed E-state index contributed by atoms with van der Waals surface area (Å²) in [7, 11) is 0. The summed E-state index contributed by atoms with van der Waals surface area (Å²) in [6.45, 7) is 2.51. The summed E-state index contributed by atoms with van der Waals surface area (Å²) in [5, 5.41) is 27.2. The lowest BCUT2D eigenvalue weighted by atomic mass is 10.1. The van der Waals surface area contributed by atoms with Gasteiger partial charge in [0.05, 0.1) is 6.61 Å². The van der Waals surface area contributed by atoms with Gasteiger partial charge in [-0.1, -0.05) is 0 Å². The summed E-state index contributed by atoms with van der Waals surface area (Å²) in [4.78, 5) is 0. The van der Waals surface area contributed by atoms with E-state index in [1.165, 1.54) is 0 Å². The topological polar surface area (TPSA) is 79.2 Å². The van der Waals surface area contributed by atoms with Crippen molar-refractivity contribution in [3.05, 3.63) is 0 Å². The van der Waals surface area contributed by atoms with Crippen LogP contribution in [0.5, 0.6) is 0 Å². The van der Waals surface area contributed by atoms with E-state index in [0.29, 0.717) is 6.61 Å². The Bertz CT molecular complexity index is 140. The second-order valence-corrected chi connectivity index (χ2v) is 2.71. The van der Waals surface area contributed by atoms with Crippen molar-refractivity contribution >= 4 is 0 Å². The first-order chi connectivity index (χ1) is 5.66. The van der Waals surface area contributed by atoms with E-state index in [9.17, 15) is 5.11 Å². The zero-order valence-electron chi connectivity index (χ0n) is 6.88. The Labute approximate surface area is 70.5 Å². The Morgan fingerprint density at radius 2 is 1.92 bits per heavy atom. The summed E-state index contributed by atoms with van der Waals surface area (Å²) in [5.41, 5.74) is 0. The molecule has 3 N–H and O–H groups in total. The highest BCUT2D eigenvalue weighted by Gasteiger charge is 2.41. The van der Waals surface area contributed by atoms with E-state index in [1.54, 1.807) is 0 Å². The van der Waals surface area contributed by atoms with Gasteiger partial charge in [-0.05, 0) is 6.92 Å². The minimum Gasteiger partial charge on any atom is -0.387 e. The molecule has 0 spiro atoms. The molecule has 0 saturated carbocycles. The van der Waals surface area contributed by atoms with Crippen LogP contribution in [0, 0.1) is 0 Å². The van der Waals surface area contributed by atoms with E-state index < -0.39 is 24.6 Å². The first-order valence-electron chi connectivity index (χ1n) is 3.94.